The highest BCUT2D eigenvalue weighted by Crippen LogP contribution is 2.45. The van der Waals surface area contributed by atoms with Crippen LogP contribution >= 0.6 is 185 Å². The van der Waals surface area contributed by atoms with Gasteiger partial charge >= 0.3 is 23.9 Å². The van der Waals surface area contributed by atoms with Crippen LogP contribution in [0.4, 0.5) is 0 Å². The number of carboxylic acids is 3. The average Bonchev–Trinajstić information content (AvgIpc) is 1.18. The summed E-state index contributed by atoms with van der Waals surface area (Å²) in [6, 6.07) is 51.5. The van der Waals surface area contributed by atoms with Crippen molar-refractivity contribution in [2.75, 3.05) is 7.11 Å². The summed E-state index contributed by atoms with van der Waals surface area (Å²) in [7, 11) is 1.33. The molecule has 0 spiro atoms. The van der Waals surface area contributed by atoms with E-state index in [0.29, 0.717) is 94.8 Å². The van der Waals surface area contributed by atoms with Crippen molar-refractivity contribution in [3.63, 3.8) is 0 Å². The molecule has 1 unspecified atom stereocenters. The number of carboxylic acid groups (broad SMARTS) is 3. The minimum absolute atomic E-state index is 0.00866. The topological polar surface area (TPSA) is 292 Å². The van der Waals surface area contributed by atoms with Gasteiger partial charge in [0.15, 0.2) is 5.78 Å². The number of thiophene rings is 4. The molecule has 0 saturated carbocycles. The number of aliphatic hydroxyl groups is 1. The second-order valence-electron chi connectivity index (χ2n) is 25.9. The molecular weight excluding hydrogens is 1850 g/mol. The Kier molecular flexibility index (Phi) is 34.3. The van der Waals surface area contributed by atoms with Crippen molar-refractivity contribution in [2.45, 2.75) is 70.8 Å². The number of aliphatic hydroxyl groups excluding tert-OH is 1. The number of amides is 4. The van der Waals surface area contributed by atoms with Crippen molar-refractivity contribution in [3.05, 3.63) is 360 Å². The van der Waals surface area contributed by atoms with Gasteiger partial charge in [0, 0.05) is 55.2 Å². The van der Waals surface area contributed by atoms with Gasteiger partial charge in [-0.1, -0.05) is 236 Å². The van der Waals surface area contributed by atoms with Gasteiger partial charge in [0.25, 0.3) is 23.6 Å². The van der Waals surface area contributed by atoms with Crippen LogP contribution < -0.4 is 21.3 Å². The van der Waals surface area contributed by atoms with E-state index in [-0.39, 0.29) is 85.8 Å². The number of nitrogens with one attached hydrogen (secondary N) is 4. The quantitative estimate of drug-likeness (QED) is 0.0206. The first kappa shape index (κ1) is 94.3. The molecule has 0 bridgehead atoms. The number of halogens is 12. The summed E-state index contributed by atoms with van der Waals surface area (Å²) in [5.74, 6) is -5.68. The van der Waals surface area contributed by atoms with Gasteiger partial charge < -0.3 is 46.4 Å². The summed E-state index contributed by atoms with van der Waals surface area (Å²) < 4.78 is 6.84. The summed E-state index contributed by atoms with van der Waals surface area (Å²) in [4.78, 5) is 109. The van der Waals surface area contributed by atoms with Crippen LogP contribution in [0.2, 0.25) is 54.8 Å². The maximum Gasteiger partial charge on any atom is 0.337 e. The van der Waals surface area contributed by atoms with Gasteiger partial charge in [-0.15, -0.1) is 45.3 Å². The van der Waals surface area contributed by atoms with Crippen LogP contribution in [-0.4, -0.2) is 80.8 Å². The summed E-state index contributed by atoms with van der Waals surface area (Å²) in [5.41, 5.74) is 8.86. The number of aromatic carboxylic acids is 3. The molecule has 4 aromatic heterocycles. The Morgan fingerprint density at radius 3 is 0.992 bits per heavy atom. The van der Waals surface area contributed by atoms with E-state index in [1.54, 1.807) is 129 Å². The zero-order chi connectivity index (χ0) is 87.0. The Labute approximate surface area is 758 Å². The molecule has 8 N–H and O–H groups in total. The molecule has 0 radical (unpaired) electrons. The zero-order valence-corrected chi connectivity index (χ0v) is 74.7. The fourth-order valence-electron chi connectivity index (χ4n) is 11.7. The lowest BCUT2D eigenvalue weighted by molar-refractivity contribution is 0.0597. The van der Waals surface area contributed by atoms with Crippen LogP contribution in [0, 0.1) is 0 Å². The number of methoxy groups -OCH3 is 1. The lowest BCUT2D eigenvalue weighted by atomic mass is 9.99. The summed E-state index contributed by atoms with van der Waals surface area (Å²) >= 11 is 78.7. The fraction of sp³-hybridized carbons (Fsp3) is 0.141. The lowest BCUT2D eigenvalue weighted by Gasteiger charge is -2.17. The molecule has 0 saturated heterocycles. The molecule has 5 atom stereocenters. The molecular formula is C85H64Cl12N4O14S4. The van der Waals surface area contributed by atoms with Gasteiger partial charge in [0.1, 0.15) is 32.1 Å². The van der Waals surface area contributed by atoms with E-state index in [1.165, 1.54) is 49.6 Å². The Morgan fingerprint density at radius 2 is 0.630 bits per heavy atom. The number of ether oxygens (including phenoxy) is 1. The second-order valence-corrected chi connectivity index (χ2v) is 36.6. The van der Waals surface area contributed by atoms with E-state index in [0.717, 1.165) is 67.6 Å². The molecule has 34 heteroatoms. The van der Waals surface area contributed by atoms with Crippen molar-refractivity contribution in [1.29, 1.82) is 0 Å². The monoisotopic (exact) mass is 1910 g/mol. The number of rotatable bonds is 24. The molecule has 119 heavy (non-hydrogen) atoms. The van der Waals surface area contributed by atoms with E-state index in [2.05, 4.69) is 21.3 Å². The maximum absolute atomic E-state index is 13.0. The van der Waals surface area contributed by atoms with E-state index >= 15 is 0 Å². The van der Waals surface area contributed by atoms with Gasteiger partial charge in [0.05, 0.1) is 90.0 Å². The Hall–Kier alpha value is -8.57. The Morgan fingerprint density at radius 1 is 0.328 bits per heavy atom. The number of benzene rings is 8. The third-order valence-electron chi connectivity index (χ3n) is 17.9. The van der Waals surface area contributed by atoms with E-state index in [9.17, 15) is 48.3 Å². The van der Waals surface area contributed by atoms with Gasteiger partial charge in [-0.2, -0.15) is 0 Å². The van der Waals surface area contributed by atoms with Crippen molar-refractivity contribution in [3.8, 4) is 0 Å². The summed E-state index contributed by atoms with van der Waals surface area (Å²) in [6.07, 6.45) is -0.327. The average molecular weight is 1920 g/mol. The summed E-state index contributed by atoms with van der Waals surface area (Å²) in [6.45, 7) is 7.15. The highest BCUT2D eigenvalue weighted by atomic mass is 35.5. The first-order valence-corrected chi connectivity index (χ1v) is 42.8. The lowest BCUT2D eigenvalue weighted by Crippen LogP contribution is -2.28. The maximum atomic E-state index is 13.0. The van der Waals surface area contributed by atoms with Crippen LogP contribution in [-0.2, 0) is 17.6 Å². The van der Waals surface area contributed by atoms with E-state index < -0.39 is 59.7 Å². The van der Waals surface area contributed by atoms with Crippen LogP contribution in [0.3, 0.4) is 0 Å². The number of hydrogen-bond acceptors (Lipinski definition) is 15. The van der Waals surface area contributed by atoms with Gasteiger partial charge in [-0.25, -0.2) is 19.2 Å². The van der Waals surface area contributed by atoms with Gasteiger partial charge in [-0.05, 0) is 164 Å². The standard InChI is InChI=1S/C22H18Cl3NO3S.C21H16Cl3NO4S.C21H14Cl3NO4S.C21H16Cl3NO3S/c1-12(14-6-8-15(9-7-14)22(28)29-2)26-21(27)18-17(19(24)30-20(18)25)11-13-4-3-5-16(23)10-13;2*1-10(11-5-7-12(8-6-11)21(28)29)25-20(27)16-15(18(23)30-19(16)24)17(26)13-3-2-4-14(22)9-13;1-11(13-5-7-14(8-6-13)21(27)28)25-20(26)17-16(18(23)29-19(17)24)10-12-3-2-4-15(22)9-12/h3-10,12H,11H2,1-2H3,(H,26,27);2-10,17,26H,1H3,(H,25,27)(H,28,29);2-10H,1H3,(H,25,27)(H,28,29);2-9,11H,10H2,1H3,(H,25,26)(H,27,28)/t12-;10-,17?;10-;11-/m0000/s1. The van der Waals surface area contributed by atoms with Crippen molar-refractivity contribution in [2.24, 2.45) is 0 Å². The molecule has 8 aromatic carbocycles. The van der Waals surface area contributed by atoms with E-state index in [4.69, 9.17) is 159 Å². The fourth-order valence-corrected chi connectivity index (χ4v) is 19.4. The predicted octanol–water partition coefficient (Wildman–Crippen LogP) is 25.2. The number of carbonyl (C=O) groups excluding carboxylic acids is 6. The third-order valence-corrected chi connectivity index (χ3v) is 25.5. The molecule has 12 rings (SSSR count). The van der Waals surface area contributed by atoms with Crippen LogP contribution in [0.1, 0.15) is 212 Å². The normalized spacial score (nSPS) is 12.1. The molecule has 18 nitrogen and oxygen atoms in total. The molecule has 4 heterocycles. The first-order chi connectivity index (χ1) is 56.4. The Balaban J connectivity index is 0.000000181. The van der Waals surface area contributed by atoms with Crippen LogP contribution in [0.15, 0.2) is 194 Å². The molecule has 12 aromatic rings. The smallest absolute Gasteiger partial charge is 0.337 e. The highest BCUT2D eigenvalue weighted by Gasteiger charge is 2.32. The number of carbonyl (C=O) groups is 9. The predicted molar refractivity (Wildman–Crippen MR) is 478 cm³/mol. The van der Waals surface area contributed by atoms with Gasteiger partial charge in [0.2, 0.25) is 0 Å². The molecule has 0 aliphatic rings. The molecule has 0 aliphatic heterocycles. The van der Waals surface area contributed by atoms with Crippen molar-refractivity contribution < 1.29 is 68.3 Å². The minimum Gasteiger partial charge on any atom is -0.478 e. The summed E-state index contributed by atoms with van der Waals surface area (Å²) in [5, 5.41) is 51.3. The number of hydrogen-bond donors (Lipinski definition) is 8. The zero-order valence-electron chi connectivity index (χ0n) is 62.3. The van der Waals surface area contributed by atoms with E-state index in [1.807, 2.05) is 50.2 Å². The third kappa shape index (κ3) is 24.9. The molecule has 616 valence electrons. The molecule has 0 fully saturated rings. The largest absolute Gasteiger partial charge is 0.478 e. The molecule has 0 aliphatic carbocycles. The number of esters is 1. The Bertz CT molecular complexity index is 5790. The second kappa shape index (κ2) is 43.3. The van der Waals surface area contributed by atoms with Crippen LogP contribution in [0.5, 0.6) is 0 Å². The minimum atomic E-state index is -1.19. The highest BCUT2D eigenvalue weighted by molar-refractivity contribution is 7.22. The van der Waals surface area contributed by atoms with Crippen LogP contribution in [0.25, 0.3) is 0 Å². The SMILES string of the molecule is COC(=O)c1ccc([C@H](C)NC(=O)c2c(Cl)sc(Cl)c2Cc2cccc(Cl)c2)cc1.C[C@H](NC(=O)c1c(Cl)sc(Cl)c1C(=O)c1cccc(Cl)c1)c1ccc(C(=O)O)cc1.C[C@H](NC(=O)c1c(Cl)sc(Cl)c1C(O)c1cccc(Cl)c1)c1ccc(C(=O)O)cc1.C[C@H](NC(=O)c1c(Cl)sc(Cl)c1Cc1cccc(Cl)c1)c1ccc(C(=O)O)cc1. The van der Waals surface area contributed by atoms with Crippen molar-refractivity contribution >= 4 is 238 Å². The molecule has 4 amide bonds. The van der Waals surface area contributed by atoms with Gasteiger partial charge in [-0.3, -0.25) is 24.0 Å². The van der Waals surface area contributed by atoms with Crippen molar-refractivity contribution in [1.82, 2.24) is 21.3 Å². The number of ketones is 1. The first-order valence-electron chi connectivity index (χ1n) is 35.0.